The van der Waals surface area contributed by atoms with E-state index in [0.717, 1.165) is 17.7 Å². The van der Waals surface area contributed by atoms with Crippen LogP contribution in [0, 0.1) is 6.92 Å². The van der Waals surface area contributed by atoms with E-state index in [-0.39, 0.29) is 11.7 Å². The zero-order chi connectivity index (χ0) is 19.5. The first-order valence-electron chi connectivity index (χ1n) is 8.91. The number of nitrogens with one attached hydrogen (secondary N) is 1. The van der Waals surface area contributed by atoms with Gasteiger partial charge in [0.05, 0.1) is 11.9 Å². The van der Waals surface area contributed by atoms with E-state index in [1.165, 1.54) is 11.1 Å². The SMILES string of the molecule is CNCc1ccc(-c2nnc(-c3nc(-c4ccc(C)cc4)cnc3N)o2)cc1. The molecule has 0 amide bonds. The van der Waals surface area contributed by atoms with E-state index in [0.29, 0.717) is 17.3 Å². The van der Waals surface area contributed by atoms with Crippen LogP contribution in [0.1, 0.15) is 11.1 Å². The van der Waals surface area contributed by atoms with Crippen LogP contribution in [-0.4, -0.2) is 27.2 Å². The Labute approximate surface area is 162 Å². The molecule has 0 aliphatic heterocycles. The Morgan fingerprint density at radius 3 is 2.32 bits per heavy atom. The molecule has 0 saturated heterocycles. The Morgan fingerprint density at radius 2 is 1.61 bits per heavy atom. The van der Waals surface area contributed by atoms with Crippen molar-refractivity contribution in [2.45, 2.75) is 13.5 Å². The topological polar surface area (TPSA) is 103 Å². The number of nitrogens with zero attached hydrogens (tertiary/aromatic N) is 4. The number of hydrogen-bond acceptors (Lipinski definition) is 7. The normalized spacial score (nSPS) is 10.9. The molecule has 0 aliphatic carbocycles. The second kappa shape index (κ2) is 7.58. The Balaban J connectivity index is 1.66. The summed E-state index contributed by atoms with van der Waals surface area (Å²) in [7, 11) is 1.91. The van der Waals surface area contributed by atoms with Crippen LogP contribution in [-0.2, 0) is 6.54 Å². The molecule has 0 bridgehead atoms. The summed E-state index contributed by atoms with van der Waals surface area (Å²) in [5, 5.41) is 11.4. The van der Waals surface area contributed by atoms with E-state index >= 15 is 0 Å². The lowest BCUT2D eigenvalue weighted by Gasteiger charge is -2.05. The molecule has 2 aromatic heterocycles. The molecule has 4 aromatic rings. The quantitative estimate of drug-likeness (QED) is 0.553. The maximum atomic E-state index is 6.02. The zero-order valence-corrected chi connectivity index (χ0v) is 15.7. The molecular weight excluding hydrogens is 352 g/mol. The van der Waals surface area contributed by atoms with Crippen LogP contribution in [0.4, 0.5) is 5.82 Å². The molecule has 0 unspecified atom stereocenters. The second-order valence-corrected chi connectivity index (χ2v) is 6.49. The predicted molar refractivity (Wildman–Crippen MR) is 108 cm³/mol. The lowest BCUT2D eigenvalue weighted by molar-refractivity contribution is 0.582. The third-order valence-corrected chi connectivity index (χ3v) is 4.36. The van der Waals surface area contributed by atoms with Crippen LogP contribution in [0.15, 0.2) is 59.1 Å². The molecule has 0 aliphatic rings. The van der Waals surface area contributed by atoms with Gasteiger partial charge < -0.3 is 15.5 Å². The van der Waals surface area contributed by atoms with Crippen molar-refractivity contribution >= 4 is 5.82 Å². The van der Waals surface area contributed by atoms with Crippen molar-refractivity contribution in [1.29, 1.82) is 0 Å². The molecule has 0 fully saturated rings. The zero-order valence-electron chi connectivity index (χ0n) is 15.7. The fourth-order valence-corrected chi connectivity index (χ4v) is 2.82. The Bertz CT molecular complexity index is 1090. The van der Waals surface area contributed by atoms with E-state index in [4.69, 9.17) is 10.2 Å². The molecule has 3 N–H and O–H groups in total. The molecule has 7 nitrogen and oxygen atoms in total. The molecule has 28 heavy (non-hydrogen) atoms. The molecular formula is C21H20N6O. The first-order chi connectivity index (χ1) is 13.6. The molecule has 0 atom stereocenters. The highest BCUT2D eigenvalue weighted by Gasteiger charge is 2.16. The Morgan fingerprint density at radius 1 is 0.929 bits per heavy atom. The van der Waals surface area contributed by atoms with Gasteiger partial charge in [0.2, 0.25) is 5.89 Å². The van der Waals surface area contributed by atoms with Crippen LogP contribution >= 0.6 is 0 Å². The smallest absolute Gasteiger partial charge is 0.270 e. The van der Waals surface area contributed by atoms with Gasteiger partial charge in [0.15, 0.2) is 11.5 Å². The first-order valence-corrected chi connectivity index (χ1v) is 8.91. The highest BCUT2D eigenvalue weighted by molar-refractivity contribution is 5.68. The van der Waals surface area contributed by atoms with Gasteiger partial charge in [-0.25, -0.2) is 9.97 Å². The van der Waals surface area contributed by atoms with Gasteiger partial charge in [0, 0.05) is 17.7 Å². The molecule has 0 spiro atoms. The Kier molecular flexibility index (Phi) is 4.82. The van der Waals surface area contributed by atoms with E-state index in [1.54, 1.807) is 6.20 Å². The summed E-state index contributed by atoms with van der Waals surface area (Å²) in [6.45, 7) is 2.84. The monoisotopic (exact) mass is 372 g/mol. The molecule has 0 radical (unpaired) electrons. The maximum absolute atomic E-state index is 6.02. The number of nitrogens with two attached hydrogens (primary N) is 1. The van der Waals surface area contributed by atoms with Gasteiger partial charge >= 0.3 is 0 Å². The van der Waals surface area contributed by atoms with Crippen LogP contribution < -0.4 is 11.1 Å². The number of benzene rings is 2. The summed E-state index contributed by atoms with van der Waals surface area (Å²) in [4.78, 5) is 8.84. The van der Waals surface area contributed by atoms with Gasteiger partial charge in [-0.2, -0.15) is 0 Å². The van der Waals surface area contributed by atoms with Crippen LogP contribution in [0.5, 0.6) is 0 Å². The minimum atomic E-state index is 0.244. The maximum Gasteiger partial charge on any atom is 0.270 e. The highest BCUT2D eigenvalue weighted by atomic mass is 16.4. The third kappa shape index (κ3) is 3.60. The standard InChI is InChI=1S/C21H20N6O/c1-13-3-7-15(8-4-13)17-12-24-19(22)18(25-17)21-27-26-20(28-21)16-9-5-14(6-10-16)11-23-2/h3-10,12,23H,11H2,1-2H3,(H2,22,24). The third-order valence-electron chi connectivity index (χ3n) is 4.36. The molecule has 4 rings (SSSR count). The van der Waals surface area contributed by atoms with Crippen molar-refractivity contribution in [3.63, 3.8) is 0 Å². The average Bonchev–Trinajstić information content (AvgIpc) is 3.20. The molecule has 2 heterocycles. The van der Waals surface area contributed by atoms with Crippen LogP contribution in [0.25, 0.3) is 34.3 Å². The van der Waals surface area contributed by atoms with Gasteiger partial charge in [-0.05, 0) is 31.7 Å². The summed E-state index contributed by atoms with van der Waals surface area (Å²) >= 11 is 0. The highest BCUT2D eigenvalue weighted by Crippen LogP contribution is 2.28. The van der Waals surface area contributed by atoms with Gasteiger partial charge in [-0.3, -0.25) is 0 Å². The van der Waals surface area contributed by atoms with Crippen molar-refractivity contribution in [3.8, 4) is 34.3 Å². The minimum Gasteiger partial charge on any atom is -0.414 e. The first kappa shape index (κ1) is 17.8. The molecule has 0 saturated carbocycles. The molecule has 140 valence electrons. The summed E-state index contributed by atoms with van der Waals surface area (Å²) < 4.78 is 5.83. The van der Waals surface area contributed by atoms with Gasteiger partial charge in [0.1, 0.15) is 0 Å². The average molecular weight is 372 g/mol. The van der Waals surface area contributed by atoms with E-state index in [2.05, 4.69) is 25.5 Å². The number of nitrogen functional groups attached to an aromatic ring is 1. The largest absolute Gasteiger partial charge is 0.414 e. The van der Waals surface area contributed by atoms with E-state index in [9.17, 15) is 0 Å². The van der Waals surface area contributed by atoms with Crippen molar-refractivity contribution < 1.29 is 4.42 Å². The lowest BCUT2D eigenvalue weighted by Crippen LogP contribution is -2.04. The number of hydrogen-bond donors (Lipinski definition) is 2. The fraction of sp³-hybridized carbons (Fsp3) is 0.143. The lowest BCUT2D eigenvalue weighted by atomic mass is 10.1. The van der Waals surface area contributed by atoms with E-state index < -0.39 is 0 Å². The molecule has 2 aromatic carbocycles. The van der Waals surface area contributed by atoms with Crippen molar-refractivity contribution in [2.75, 3.05) is 12.8 Å². The van der Waals surface area contributed by atoms with Gasteiger partial charge in [-0.1, -0.05) is 42.0 Å². The number of aromatic nitrogens is 4. The summed E-state index contributed by atoms with van der Waals surface area (Å²) in [5.41, 5.74) is 11.2. The van der Waals surface area contributed by atoms with Crippen LogP contribution in [0.2, 0.25) is 0 Å². The van der Waals surface area contributed by atoms with Gasteiger partial charge in [0.25, 0.3) is 5.89 Å². The summed E-state index contributed by atoms with van der Waals surface area (Å²) in [5.74, 6) is 0.900. The number of anilines is 1. The molecule has 7 heteroatoms. The predicted octanol–water partition coefficient (Wildman–Crippen LogP) is 3.47. The van der Waals surface area contributed by atoms with Crippen molar-refractivity contribution in [1.82, 2.24) is 25.5 Å². The van der Waals surface area contributed by atoms with E-state index in [1.807, 2.05) is 62.5 Å². The summed E-state index contributed by atoms with van der Waals surface area (Å²) in [6, 6.07) is 16.0. The number of aryl methyl sites for hydroxylation is 1. The van der Waals surface area contributed by atoms with Crippen molar-refractivity contribution in [3.05, 3.63) is 65.9 Å². The minimum absolute atomic E-state index is 0.244. The van der Waals surface area contributed by atoms with Gasteiger partial charge in [-0.15, -0.1) is 10.2 Å². The van der Waals surface area contributed by atoms with Crippen LogP contribution in [0.3, 0.4) is 0 Å². The summed E-state index contributed by atoms with van der Waals surface area (Å²) in [6.07, 6.45) is 1.64. The Hall–Kier alpha value is -3.58. The van der Waals surface area contributed by atoms with Crippen molar-refractivity contribution in [2.24, 2.45) is 0 Å². The number of rotatable bonds is 5. The second-order valence-electron chi connectivity index (χ2n) is 6.49. The fourth-order valence-electron chi connectivity index (χ4n) is 2.82.